The summed E-state index contributed by atoms with van der Waals surface area (Å²) < 4.78 is 0. The third kappa shape index (κ3) is 2.21. The molecule has 0 bridgehead atoms. The smallest absolute Gasteiger partial charge is 0.303 e. The Bertz CT molecular complexity index is 531. The molecule has 0 atom stereocenters. The number of aromatic nitrogens is 1. The Morgan fingerprint density at radius 2 is 2.05 bits per heavy atom. The van der Waals surface area contributed by atoms with Crippen LogP contribution >= 0.6 is 0 Å². The summed E-state index contributed by atoms with van der Waals surface area (Å²) in [5.41, 5.74) is -0.445. The molecule has 6 nitrogen and oxygen atoms in total. The standard InChI is InChI=1S/C13H14N2O4/c1-13(2,6-5-9(16)17)15-11(18)8-4-3-7-14-10(8)12(15)19/h3-4,7H,5-6H2,1-2H3,(H,16,17). The summed E-state index contributed by atoms with van der Waals surface area (Å²) in [6.45, 7) is 3.36. The fourth-order valence-electron chi connectivity index (χ4n) is 2.14. The van der Waals surface area contributed by atoms with E-state index in [1.165, 1.54) is 6.20 Å². The number of hydrogen-bond acceptors (Lipinski definition) is 4. The second kappa shape index (κ2) is 4.46. The molecule has 1 aromatic heterocycles. The molecule has 0 saturated carbocycles. The van der Waals surface area contributed by atoms with Gasteiger partial charge in [-0.05, 0) is 32.4 Å². The molecule has 19 heavy (non-hydrogen) atoms. The van der Waals surface area contributed by atoms with E-state index >= 15 is 0 Å². The maximum Gasteiger partial charge on any atom is 0.303 e. The second-order valence-electron chi connectivity index (χ2n) is 5.05. The van der Waals surface area contributed by atoms with Crippen molar-refractivity contribution in [2.75, 3.05) is 0 Å². The molecule has 2 amide bonds. The minimum atomic E-state index is -0.956. The van der Waals surface area contributed by atoms with E-state index in [9.17, 15) is 14.4 Å². The van der Waals surface area contributed by atoms with Gasteiger partial charge in [0, 0.05) is 18.2 Å². The van der Waals surface area contributed by atoms with Crippen molar-refractivity contribution >= 4 is 17.8 Å². The van der Waals surface area contributed by atoms with Gasteiger partial charge in [0.05, 0.1) is 5.56 Å². The first kappa shape index (κ1) is 13.2. The van der Waals surface area contributed by atoms with E-state index in [1.807, 2.05) is 0 Å². The summed E-state index contributed by atoms with van der Waals surface area (Å²) in [6.07, 6.45) is 1.55. The van der Waals surface area contributed by atoms with Crippen molar-refractivity contribution in [3.63, 3.8) is 0 Å². The van der Waals surface area contributed by atoms with Crippen LogP contribution in [0.1, 0.15) is 47.5 Å². The Hall–Kier alpha value is -2.24. The fraction of sp³-hybridized carbons (Fsp3) is 0.385. The van der Waals surface area contributed by atoms with Crippen molar-refractivity contribution in [3.05, 3.63) is 29.6 Å². The van der Waals surface area contributed by atoms with Crippen molar-refractivity contribution in [2.24, 2.45) is 0 Å². The lowest BCUT2D eigenvalue weighted by Crippen LogP contribution is -2.47. The molecule has 0 aliphatic carbocycles. The predicted molar refractivity (Wildman–Crippen MR) is 65.7 cm³/mol. The highest BCUT2D eigenvalue weighted by molar-refractivity contribution is 6.20. The molecule has 1 aromatic rings. The van der Waals surface area contributed by atoms with Crippen LogP contribution in [0.3, 0.4) is 0 Å². The maximum atomic E-state index is 12.2. The van der Waals surface area contributed by atoms with E-state index in [-0.39, 0.29) is 24.1 Å². The average Bonchev–Trinajstić information content (AvgIpc) is 2.61. The van der Waals surface area contributed by atoms with Gasteiger partial charge in [-0.25, -0.2) is 0 Å². The SMILES string of the molecule is CC(C)(CCC(=O)O)N1C(=O)c2cccnc2C1=O. The minimum absolute atomic E-state index is 0.103. The summed E-state index contributed by atoms with van der Waals surface area (Å²) >= 11 is 0. The van der Waals surface area contributed by atoms with Crippen LogP contribution in [0.4, 0.5) is 0 Å². The van der Waals surface area contributed by atoms with Gasteiger partial charge in [-0.3, -0.25) is 24.3 Å². The number of fused-ring (bicyclic) bond motifs is 1. The lowest BCUT2D eigenvalue weighted by atomic mass is 9.96. The van der Waals surface area contributed by atoms with Crippen molar-refractivity contribution in [2.45, 2.75) is 32.2 Å². The van der Waals surface area contributed by atoms with Gasteiger partial charge in [-0.15, -0.1) is 0 Å². The molecule has 2 heterocycles. The number of carboxylic acid groups (broad SMARTS) is 1. The molecule has 6 heteroatoms. The first-order valence-electron chi connectivity index (χ1n) is 5.90. The summed E-state index contributed by atoms with van der Waals surface area (Å²) in [5.74, 6) is -1.83. The number of carboxylic acids is 1. The Morgan fingerprint density at radius 3 is 2.63 bits per heavy atom. The molecule has 0 fully saturated rings. The Kier molecular flexibility index (Phi) is 3.09. The molecular weight excluding hydrogens is 248 g/mol. The van der Waals surface area contributed by atoms with Gasteiger partial charge in [0.15, 0.2) is 0 Å². The Morgan fingerprint density at radius 1 is 1.37 bits per heavy atom. The van der Waals surface area contributed by atoms with Crippen molar-refractivity contribution in [3.8, 4) is 0 Å². The summed E-state index contributed by atoms with van der Waals surface area (Å²) in [5, 5.41) is 8.72. The molecule has 0 aromatic carbocycles. The molecule has 1 N–H and O–H groups in total. The van der Waals surface area contributed by atoms with Crippen LogP contribution in [0.25, 0.3) is 0 Å². The topological polar surface area (TPSA) is 87.6 Å². The molecule has 0 spiro atoms. The molecule has 2 rings (SSSR count). The van der Waals surface area contributed by atoms with Gasteiger partial charge in [-0.2, -0.15) is 0 Å². The first-order valence-corrected chi connectivity index (χ1v) is 5.90. The van der Waals surface area contributed by atoms with Crippen LogP contribution in [-0.2, 0) is 4.79 Å². The maximum absolute atomic E-state index is 12.2. The zero-order valence-corrected chi connectivity index (χ0v) is 10.7. The van der Waals surface area contributed by atoms with Crippen LogP contribution in [0, 0.1) is 0 Å². The molecule has 0 radical (unpaired) electrons. The minimum Gasteiger partial charge on any atom is -0.481 e. The number of carbonyl (C=O) groups excluding carboxylic acids is 2. The van der Waals surface area contributed by atoms with Crippen LogP contribution in [0.2, 0.25) is 0 Å². The average molecular weight is 262 g/mol. The van der Waals surface area contributed by atoms with E-state index < -0.39 is 23.3 Å². The number of rotatable bonds is 4. The van der Waals surface area contributed by atoms with E-state index in [1.54, 1.807) is 26.0 Å². The van der Waals surface area contributed by atoms with Crippen molar-refractivity contribution < 1.29 is 19.5 Å². The van der Waals surface area contributed by atoms with E-state index in [0.717, 1.165) is 4.90 Å². The highest BCUT2D eigenvalue weighted by atomic mass is 16.4. The number of nitrogens with zero attached hydrogens (tertiary/aromatic N) is 2. The number of hydrogen-bond donors (Lipinski definition) is 1. The summed E-state index contributed by atoms with van der Waals surface area (Å²) in [6, 6.07) is 3.15. The largest absolute Gasteiger partial charge is 0.481 e. The summed E-state index contributed by atoms with van der Waals surface area (Å²) in [4.78, 5) is 40.1. The third-order valence-corrected chi connectivity index (χ3v) is 3.20. The number of amides is 2. The van der Waals surface area contributed by atoms with Gasteiger partial charge < -0.3 is 5.11 Å². The van der Waals surface area contributed by atoms with Crippen LogP contribution in [0.15, 0.2) is 18.3 Å². The van der Waals surface area contributed by atoms with Gasteiger partial charge >= 0.3 is 5.97 Å². The van der Waals surface area contributed by atoms with Gasteiger partial charge in [0.25, 0.3) is 11.8 Å². The lowest BCUT2D eigenvalue weighted by Gasteiger charge is -2.33. The third-order valence-electron chi connectivity index (χ3n) is 3.20. The van der Waals surface area contributed by atoms with E-state index in [0.29, 0.717) is 0 Å². The number of aliphatic carboxylic acids is 1. The van der Waals surface area contributed by atoms with Crippen LogP contribution in [0.5, 0.6) is 0 Å². The first-order chi connectivity index (χ1) is 8.84. The number of pyridine rings is 1. The molecule has 100 valence electrons. The molecule has 0 saturated heterocycles. The van der Waals surface area contributed by atoms with Crippen molar-refractivity contribution in [1.82, 2.24) is 9.88 Å². The number of imide groups is 1. The van der Waals surface area contributed by atoms with Gasteiger partial charge in [-0.1, -0.05) is 0 Å². The zero-order chi connectivity index (χ0) is 14.2. The second-order valence-corrected chi connectivity index (χ2v) is 5.05. The summed E-state index contributed by atoms with van der Waals surface area (Å²) in [7, 11) is 0. The molecule has 1 aliphatic heterocycles. The monoisotopic (exact) mass is 262 g/mol. The fourth-order valence-corrected chi connectivity index (χ4v) is 2.14. The van der Waals surface area contributed by atoms with E-state index in [2.05, 4.69) is 4.98 Å². The molecule has 1 aliphatic rings. The van der Waals surface area contributed by atoms with Crippen molar-refractivity contribution in [1.29, 1.82) is 0 Å². The zero-order valence-electron chi connectivity index (χ0n) is 10.7. The molecule has 0 unspecified atom stereocenters. The Balaban J connectivity index is 2.31. The molecular formula is C13H14N2O4. The van der Waals surface area contributed by atoms with Gasteiger partial charge in [0.1, 0.15) is 5.69 Å². The highest BCUT2D eigenvalue weighted by Gasteiger charge is 2.44. The van der Waals surface area contributed by atoms with E-state index in [4.69, 9.17) is 5.11 Å². The van der Waals surface area contributed by atoms with Crippen LogP contribution in [-0.4, -0.2) is 38.3 Å². The highest BCUT2D eigenvalue weighted by Crippen LogP contribution is 2.30. The van der Waals surface area contributed by atoms with Gasteiger partial charge in [0.2, 0.25) is 0 Å². The lowest BCUT2D eigenvalue weighted by molar-refractivity contribution is -0.137. The predicted octanol–water partition coefficient (Wildman–Crippen LogP) is 1.32. The normalized spacial score (nSPS) is 14.7. The van der Waals surface area contributed by atoms with Crippen LogP contribution < -0.4 is 0 Å². The Labute approximate surface area is 110 Å². The number of carbonyl (C=O) groups is 3. The quantitative estimate of drug-likeness (QED) is 0.827.